The molecular weight excluding hydrogens is 293 g/mol. The molecule has 1 radical (unpaired) electrons. The summed E-state index contributed by atoms with van der Waals surface area (Å²) in [6, 6.07) is 2.82. The molecule has 0 aliphatic heterocycles. The molecular formula is C9H3F9N. The van der Waals surface area contributed by atoms with Crippen molar-refractivity contribution < 1.29 is 39.5 Å². The van der Waals surface area contributed by atoms with E-state index in [4.69, 9.17) is 0 Å². The molecule has 0 unspecified atom stereocenters. The number of pyridine rings is 1. The molecule has 0 N–H and O–H groups in total. The van der Waals surface area contributed by atoms with Crippen molar-refractivity contribution in [3.05, 3.63) is 30.1 Å². The Bertz CT molecular complexity index is 437. The van der Waals surface area contributed by atoms with Crippen LogP contribution >= 0.6 is 0 Å². The number of hydrogen-bond acceptors (Lipinski definition) is 1. The Labute approximate surface area is 99.6 Å². The van der Waals surface area contributed by atoms with Crippen LogP contribution in [0.2, 0.25) is 0 Å². The molecule has 0 aliphatic rings. The summed E-state index contributed by atoms with van der Waals surface area (Å²) in [5.74, 6) is -19.4. The molecule has 0 saturated carbocycles. The predicted molar refractivity (Wildman–Crippen MR) is 42.9 cm³/mol. The van der Waals surface area contributed by atoms with Crippen molar-refractivity contribution in [2.75, 3.05) is 0 Å². The van der Waals surface area contributed by atoms with E-state index in [0.717, 1.165) is 0 Å². The number of rotatable bonds is 3. The van der Waals surface area contributed by atoms with Crippen LogP contribution in [0.4, 0.5) is 39.5 Å². The van der Waals surface area contributed by atoms with Gasteiger partial charge < -0.3 is 0 Å². The van der Waals surface area contributed by atoms with Crippen LogP contribution in [0.15, 0.2) is 18.3 Å². The van der Waals surface area contributed by atoms with Gasteiger partial charge in [0.25, 0.3) is 0 Å². The van der Waals surface area contributed by atoms with Crippen LogP contribution in [0.5, 0.6) is 0 Å². The third kappa shape index (κ3) is 2.23. The lowest BCUT2D eigenvalue weighted by Gasteiger charge is -2.33. The van der Waals surface area contributed by atoms with Gasteiger partial charge in [0.1, 0.15) is 5.69 Å². The van der Waals surface area contributed by atoms with Crippen molar-refractivity contribution in [1.82, 2.24) is 4.98 Å². The molecule has 0 bridgehead atoms. The van der Waals surface area contributed by atoms with Gasteiger partial charge in [-0.15, -0.1) is 0 Å². The quantitative estimate of drug-likeness (QED) is 0.773. The Balaban J connectivity index is 3.34. The van der Waals surface area contributed by atoms with E-state index in [1.807, 2.05) is 6.07 Å². The Morgan fingerprint density at radius 3 is 1.74 bits per heavy atom. The predicted octanol–water partition coefficient (Wildman–Crippen LogP) is 3.81. The topological polar surface area (TPSA) is 12.9 Å². The molecule has 0 amide bonds. The Morgan fingerprint density at radius 1 is 0.842 bits per heavy atom. The summed E-state index contributed by atoms with van der Waals surface area (Å²) >= 11 is 0. The van der Waals surface area contributed by atoms with E-state index in [1.54, 1.807) is 0 Å². The fourth-order valence-electron chi connectivity index (χ4n) is 1.04. The molecule has 0 saturated heterocycles. The summed E-state index contributed by atoms with van der Waals surface area (Å²) in [6.45, 7) is 0. The summed E-state index contributed by atoms with van der Waals surface area (Å²) in [5, 5.41) is 0. The average Bonchev–Trinajstić information content (AvgIpc) is 2.28. The third-order valence-electron chi connectivity index (χ3n) is 2.08. The van der Waals surface area contributed by atoms with Gasteiger partial charge in [0.05, 0.1) is 0 Å². The third-order valence-corrected chi connectivity index (χ3v) is 2.08. The molecule has 0 spiro atoms. The van der Waals surface area contributed by atoms with E-state index in [0.29, 0.717) is 12.3 Å². The van der Waals surface area contributed by atoms with Gasteiger partial charge in [-0.3, -0.25) is 4.98 Å². The first kappa shape index (κ1) is 15.6. The van der Waals surface area contributed by atoms with Crippen molar-refractivity contribution in [3.8, 4) is 0 Å². The maximum atomic E-state index is 13.2. The first-order chi connectivity index (χ1) is 8.36. The van der Waals surface area contributed by atoms with Crippen LogP contribution in [0.3, 0.4) is 0 Å². The summed E-state index contributed by atoms with van der Waals surface area (Å²) in [5.41, 5.74) is -1.92. The van der Waals surface area contributed by atoms with Gasteiger partial charge in [-0.05, 0) is 6.07 Å². The number of hydrogen-bond donors (Lipinski definition) is 0. The molecule has 1 rings (SSSR count). The number of alkyl halides is 9. The number of halogens is 9. The molecule has 0 atom stereocenters. The van der Waals surface area contributed by atoms with E-state index in [2.05, 4.69) is 4.98 Å². The van der Waals surface area contributed by atoms with Gasteiger partial charge in [-0.2, -0.15) is 39.5 Å². The molecule has 0 aromatic carbocycles. The van der Waals surface area contributed by atoms with E-state index >= 15 is 0 Å². The van der Waals surface area contributed by atoms with Gasteiger partial charge in [-0.1, -0.05) is 6.07 Å². The van der Waals surface area contributed by atoms with E-state index < -0.39 is 29.6 Å². The van der Waals surface area contributed by atoms with Crippen LogP contribution in [0.1, 0.15) is 5.69 Å². The van der Waals surface area contributed by atoms with Crippen LogP contribution in [-0.4, -0.2) is 23.0 Å². The highest BCUT2D eigenvalue weighted by atomic mass is 19.4. The van der Waals surface area contributed by atoms with Gasteiger partial charge >= 0.3 is 23.9 Å². The largest absolute Gasteiger partial charge is 0.460 e. The molecule has 1 heterocycles. The van der Waals surface area contributed by atoms with Crippen LogP contribution in [-0.2, 0) is 5.92 Å². The Hall–Kier alpha value is -1.48. The van der Waals surface area contributed by atoms with Crippen LogP contribution in [0, 0.1) is 6.07 Å². The molecule has 1 nitrogen and oxygen atoms in total. The Morgan fingerprint density at radius 2 is 1.37 bits per heavy atom. The van der Waals surface area contributed by atoms with Crippen LogP contribution in [0.25, 0.3) is 0 Å². The highest BCUT2D eigenvalue weighted by Crippen LogP contribution is 2.56. The van der Waals surface area contributed by atoms with Crippen molar-refractivity contribution in [1.29, 1.82) is 0 Å². The highest BCUT2D eigenvalue weighted by molar-refractivity contribution is 5.16. The minimum atomic E-state index is -6.91. The van der Waals surface area contributed by atoms with E-state index in [1.165, 1.54) is 0 Å². The second-order valence-corrected chi connectivity index (χ2v) is 3.36. The standard InChI is InChI=1S/C9H3F9N/c10-6(11,5-3-1-2-4-19-5)7(12,13)8(14,15)9(16,17)18/h1,3-4H. The summed E-state index contributed by atoms with van der Waals surface area (Å²) in [6.07, 6.45) is -6.40. The minimum absolute atomic E-state index is 0.167. The maximum absolute atomic E-state index is 13.2. The second-order valence-electron chi connectivity index (χ2n) is 3.36. The number of nitrogens with zero attached hydrogens (tertiary/aromatic N) is 1. The molecule has 1 aromatic rings. The lowest BCUT2D eigenvalue weighted by Crippen LogP contribution is -2.59. The summed E-state index contributed by atoms with van der Waals surface area (Å²) < 4.78 is 112. The van der Waals surface area contributed by atoms with Gasteiger partial charge in [0.15, 0.2) is 0 Å². The molecule has 0 fully saturated rings. The Kier molecular flexibility index (Phi) is 3.50. The maximum Gasteiger partial charge on any atom is 0.460 e. The first-order valence-electron chi connectivity index (χ1n) is 4.38. The molecule has 107 valence electrons. The van der Waals surface area contributed by atoms with E-state index in [-0.39, 0.29) is 6.07 Å². The van der Waals surface area contributed by atoms with Crippen molar-refractivity contribution in [2.45, 2.75) is 23.9 Å². The zero-order valence-corrected chi connectivity index (χ0v) is 8.58. The highest BCUT2D eigenvalue weighted by Gasteiger charge is 2.82. The van der Waals surface area contributed by atoms with Crippen LogP contribution < -0.4 is 0 Å². The first-order valence-corrected chi connectivity index (χ1v) is 4.38. The second kappa shape index (κ2) is 4.27. The number of aromatic nitrogens is 1. The zero-order chi connectivity index (χ0) is 15.1. The fraction of sp³-hybridized carbons (Fsp3) is 0.444. The lowest BCUT2D eigenvalue weighted by atomic mass is 10.0. The van der Waals surface area contributed by atoms with Crippen molar-refractivity contribution in [2.24, 2.45) is 0 Å². The minimum Gasteiger partial charge on any atom is -0.254 e. The fourth-order valence-corrected chi connectivity index (χ4v) is 1.04. The molecule has 0 aliphatic carbocycles. The normalized spacial score (nSPS) is 14.6. The van der Waals surface area contributed by atoms with Gasteiger partial charge in [0, 0.05) is 12.3 Å². The summed E-state index contributed by atoms with van der Waals surface area (Å²) in [7, 11) is 0. The lowest BCUT2D eigenvalue weighted by molar-refractivity contribution is -0.400. The zero-order valence-electron chi connectivity index (χ0n) is 8.58. The van der Waals surface area contributed by atoms with Gasteiger partial charge in [0.2, 0.25) is 0 Å². The average molecular weight is 296 g/mol. The van der Waals surface area contributed by atoms with Gasteiger partial charge in [-0.25, -0.2) is 0 Å². The van der Waals surface area contributed by atoms with Crippen molar-refractivity contribution >= 4 is 0 Å². The molecule has 1 aromatic heterocycles. The smallest absolute Gasteiger partial charge is 0.254 e. The monoisotopic (exact) mass is 296 g/mol. The van der Waals surface area contributed by atoms with E-state index in [9.17, 15) is 39.5 Å². The molecule has 19 heavy (non-hydrogen) atoms. The van der Waals surface area contributed by atoms with Crippen molar-refractivity contribution in [3.63, 3.8) is 0 Å². The summed E-state index contributed by atoms with van der Waals surface area (Å²) in [4.78, 5) is 2.63. The SMILES string of the molecule is FC(F)(F)C(F)(F)C(F)(F)C(F)(F)c1cc[c]cn1. The molecule has 10 heteroatoms.